The molecule has 1 unspecified atom stereocenters. The van der Waals surface area contributed by atoms with E-state index in [0.717, 1.165) is 11.1 Å². The highest BCUT2D eigenvalue weighted by Gasteiger charge is 2.35. The molecule has 1 aliphatic rings. The van der Waals surface area contributed by atoms with Crippen LogP contribution in [0.4, 0.5) is 4.79 Å². The van der Waals surface area contributed by atoms with Crippen LogP contribution in [0.5, 0.6) is 11.5 Å². The maximum Gasteiger partial charge on any atom is 0.322 e. The fourth-order valence-corrected chi connectivity index (χ4v) is 3.69. The number of ether oxygens (including phenoxy) is 2. The van der Waals surface area contributed by atoms with E-state index in [2.05, 4.69) is 22.0 Å². The van der Waals surface area contributed by atoms with Crippen molar-refractivity contribution in [2.75, 3.05) is 20.8 Å². The van der Waals surface area contributed by atoms with Crippen molar-refractivity contribution in [3.8, 4) is 22.9 Å². The van der Waals surface area contributed by atoms with Crippen LogP contribution in [0, 0.1) is 0 Å². The summed E-state index contributed by atoms with van der Waals surface area (Å²) >= 11 is 0. The molecule has 1 aromatic heterocycles. The number of nitrogens with one attached hydrogen (secondary N) is 1. The summed E-state index contributed by atoms with van der Waals surface area (Å²) in [6.45, 7) is 5.97. The number of rotatable bonds is 7. The molecule has 164 valence electrons. The van der Waals surface area contributed by atoms with Crippen LogP contribution < -0.4 is 14.8 Å². The predicted octanol–water partition coefficient (Wildman–Crippen LogP) is 4.44. The lowest BCUT2D eigenvalue weighted by Crippen LogP contribution is -2.46. The number of aromatic nitrogens is 2. The molecule has 8 heteroatoms. The molecule has 32 heavy (non-hydrogen) atoms. The SMILES string of the molecule is C=CCN1C(=O)NC(c2cccc(OC)c2)C(c2nc(-c3cccc(OC)c3)no2)=C1C. The van der Waals surface area contributed by atoms with E-state index in [1.54, 1.807) is 25.2 Å². The van der Waals surface area contributed by atoms with Gasteiger partial charge in [0, 0.05) is 17.8 Å². The van der Waals surface area contributed by atoms with Crippen molar-refractivity contribution in [2.24, 2.45) is 0 Å². The summed E-state index contributed by atoms with van der Waals surface area (Å²) in [6, 6.07) is 14.2. The maximum atomic E-state index is 12.8. The van der Waals surface area contributed by atoms with Gasteiger partial charge in [-0.2, -0.15) is 4.98 Å². The van der Waals surface area contributed by atoms with Crippen LogP contribution in [0.1, 0.15) is 24.4 Å². The summed E-state index contributed by atoms with van der Waals surface area (Å²) in [5.41, 5.74) is 3.02. The van der Waals surface area contributed by atoms with E-state index >= 15 is 0 Å². The summed E-state index contributed by atoms with van der Waals surface area (Å²) in [5, 5.41) is 7.21. The molecule has 8 nitrogen and oxygen atoms in total. The van der Waals surface area contributed by atoms with Crippen molar-refractivity contribution in [3.63, 3.8) is 0 Å². The van der Waals surface area contributed by atoms with E-state index in [9.17, 15) is 4.79 Å². The number of amides is 2. The first-order chi connectivity index (χ1) is 15.5. The molecule has 0 radical (unpaired) electrons. The lowest BCUT2D eigenvalue weighted by molar-refractivity contribution is 0.209. The Morgan fingerprint density at radius 2 is 1.88 bits per heavy atom. The minimum atomic E-state index is -0.489. The van der Waals surface area contributed by atoms with Crippen molar-refractivity contribution in [2.45, 2.75) is 13.0 Å². The minimum absolute atomic E-state index is 0.230. The molecule has 0 fully saturated rings. The monoisotopic (exact) mass is 432 g/mol. The van der Waals surface area contributed by atoms with Gasteiger partial charge >= 0.3 is 6.03 Å². The molecule has 1 atom stereocenters. The predicted molar refractivity (Wildman–Crippen MR) is 120 cm³/mol. The summed E-state index contributed by atoms with van der Waals surface area (Å²) in [6.07, 6.45) is 1.67. The van der Waals surface area contributed by atoms with Gasteiger partial charge in [-0.3, -0.25) is 4.90 Å². The van der Waals surface area contributed by atoms with Gasteiger partial charge in [0.25, 0.3) is 5.89 Å². The Balaban J connectivity index is 1.82. The normalized spacial score (nSPS) is 16.0. The van der Waals surface area contributed by atoms with Crippen LogP contribution in [0.3, 0.4) is 0 Å². The second-order valence-electron chi connectivity index (χ2n) is 7.21. The zero-order valence-corrected chi connectivity index (χ0v) is 18.2. The van der Waals surface area contributed by atoms with Gasteiger partial charge in [-0.1, -0.05) is 35.5 Å². The van der Waals surface area contributed by atoms with Crippen molar-refractivity contribution in [1.82, 2.24) is 20.4 Å². The Labute approximate surface area is 186 Å². The minimum Gasteiger partial charge on any atom is -0.497 e. The second-order valence-corrected chi connectivity index (χ2v) is 7.21. The number of urea groups is 1. The largest absolute Gasteiger partial charge is 0.497 e. The highest BCUT2D eigenvalue weighted by molar-refractivity contribution is 5.87. The van der Waals surface area contributed by atoms with Gasteiger partial charge in [0.1, 0.15) is 11.5 Å². The van der Waals surface area contributed by atoms with E-state index in [1.165, 1.54) is 0 Å². The average molecular weight is 432 g/mol. The summed E-state index contributed by atoms with van der Waals surface area (Å²) < 4.78 is 16.3. The molecule has 2 aromatic carbocycles. The van der Waals surface area contributed by atoms with Crippen LogP contribution in [-0.4, -0.2) is 41.8 Å². The molecule has 0 saturated carbocycles. The van der Waals surface area contributed by atoms with Gasteiger partial charge in [-0.25, -0.2) is 4.79 Å². The van der Waals surface area contributed by atoms with Crippen LogP contribution in [-0.2, 0) is 0 Å². The number of methoxy groups -OCH3 is 2. The zero-order valence-electron chi connectivity index (χ0n) is 18.2. The first-order valence-corrected chi connectivity index (χ1v) is 10.1. The number of allylic oxidation sites excluding steroid dienone is 1. The molecule has 2 heterocycles. The van der Waals surface area contributed by atoms with E-state index in [0.29, 0.717) is 41.0 Å². The Bertz CT molecular complexity index is 1180. The van der Waals surface area contributed by atoms with Gasteiger partial charge in [-0.05, 0) is 36.8 Å². The third-order valence-corrected chi connectivity index (χ3v) is 5.32. The lowest BCUT2D eigenvalue weighted by Gasteiger charge is -2.34. The van der Waals surface area contributed by atoms with Crippen molar-refractivity contribution < 1.29 is 18.8 Å². The summed E-state index contributed by atoms with van der Waals surface area (Å²) in [5.74, 6) is 2.13. The Morgan fingerprint density at radius 3 is 2.59 bits per heavy atom. The average Bonchev–Trinajstić information content (AvgIpc) is 3.31. The molecule has 1 N–H and O–H groups in total. The number of carbonyl (C=O) groups excluding carboxylic acids is 1. The third kappa shape index (κ3) is 3.94. The molecule has 0 bridgehead atoms. The van der Waals surface area contributed by atoms with Crippen LogP contribution in [0.2, 0.25) is 0 Å². The molecule has 1 aliphatic heterocycles. The van der Waals surface area contributed by atoms with Crippen molar-refractivity contribution in [3.05, 3.63) is 78.3 Å². The molecule has 2 amide bonds. The Morgan fingerprint density at radius 1 is 1.16 bits per heavy atom. The number of nitrogens with zero attached hydrogens (tertiary/aromatic N) is 3. The highest BCUT2D eigenvalue weighted by Crippen LogP contribution is 2.38. The molecular weight excluding hydrogens is 408 g/mol. The molecular formula is C24H24N4O4. The van der Waals surface area contributed by atoms with Gasteiger partial charge in [0.15, 0.2) is 0 Å². The van der Waals surface area contributed by atoms with Gasteiger partial charge in [0.2, 0.25) is 5.82 Å². The standard InChI is InChI=1S/C24H24N4O4/c1-5-12-28-15(2)20(21(25-24(28)29)16-8-6-10-18(13-16)30-3)23-26-22(27-32-23)17-9-7-11-19(14-17)31-4/h5-11,13-14,21H,1,12H2,2-4H3,(H,25,29). The van der Waals surface area contributed by atoms with E-state index in [-0.39, 0.29) is 6.03 Å². The summed E-state index contributed by atoms with van der Waals surface area (Å²) in [4.78, 5) is 19.1. The smallest absolute Gasteiger partial charge is 0.322 e. The van der Waals surface area contributed by atoms with Crippen molar-refractivity contribution in [1.29, 1.82) is 0 Å². The number of carbonyl (C=O) groups is 1. The topological polar surface area (TPSA) is 89.7 Å². The molecule has 0 aliphatic carbocycles. The number of hydrogen-bond donors (Lipinski definition) is 1. The number of hydrogen-bond acceptors (Lipinski definition) is 6. The summed E-state index contributed by atoms with van der Waals surface area (Å²) in [7, 11) is 3.21. The Hall–Kier alpha value is -4.07. The maximum absolute atomic E-state index is 12.8. The number of benzene rings is 2. The van der Waals surface area contributed by atoms with Crippen LogP contribution in [0.25, 0.3) is 17.0 Å². The second kappa shape index (κ2) is 8.97. The quantitative estimate of drug-likeness (QED) is 0.555. The van der Waals surface area contributed by atoms with E-state index in [1.807, 2.05) is 55.5 Å². The van der Waals surface area contributed by atoms with E-state index in [4.69, 9.17) is 14.0 Å². The van der Waals surface area contributed by atoms with Crippen LogP contribution >= 0.6 is 0 Å². The van der Waals surface area contributed by atoms with E-state index < -0.39 is 6.04 Å². The molecule has 0 saturated heterocycles. The lowest BCUT2D eigenvalue weighted by atomic mass is 9.94. The first-order valence-electron chi connectivity index (χ1n) is 10.1. The third-order valence-electron chi connectivity index (χ3n) is 5.32. The fraction of sp³-hybridized carbons (Fsp3) is 0.208. The van der Waals surface area contributed by atoms with Crippen molar-refractivity contribution >= 4 is 11.6 Å². The molecule has 4 rings (SSSR count). The van der Waals surface area contributed by atoms with Crippen LogP contribution in [0.15, 0.2) is 71.4 Å². The molecule has 3 aromatic rings. The Kier molecular flexibility index (Phi) is 5.93. The first kappa shape index (κ1) is 21.2. The van der Waals surface area contributed by atoms with Gasteiger partial charge < -0.3 is 19.3 Å². The van der Waals surface area contributed by atoms with Gasteiger partial charge in [0.05, 0.1) is 25.8 Å². The fourth-order valence-electron chi connectivity index (χ4n) is 3.69. The zero-order chi connectivity index (χ0) is 22.7. The molecule has 0 spiro atoms. The highest BCUT2D eigenvalue weighted by atomic mass is 16.5. The van der Waals surface area contributed by atoms with Gasteiger partial charge in [-0.15, -0.1) is 6.58 Å².